The molecule has 28 heavy (non-hydrogen) atoms. The van der Waals surface area contributed by atoms with Crippen molar-refractivity contribution in [2.45, 2.75) is 26.6 Å². The van der Waals surface area contributed by atoms with Gasteiger partial charge in [-0.2, -0.15) is 0 Å². The Morgan fingerprint density at radius 2 is 1.57 bits per heavy atom. The fourth-order valence-corrected chi connectivity index (χ4v) is 2.96. The summed E-state index contributed by atoms with van der Waals surface area (Å²) in [5.41, 5.74) is 1.76. The van der Waals surface area contributed by atoms with E-state index in [2.05, 4.69) is 4.98 Å². The van der Waals surface area contributed by atoms with E-state index in [1.807, 2.05) is 26.0 Å². The second-order valence-electron chi connectivity index (χ2n) is 5.76. The molecule has 0 radical (unpaired) electrons. The highest BCUT2D eigenvalue weighted by Crippen LogP contribution is 2.37. The highest BCUT2D eigenvalue weighted by molar-refractivity contribution is 5.91. The van der Waals surface area contributed by atoms with Gasteiger partial charge in [0.05, 0.1) is 33.6 Å². The van der Waals surface area contributed by atoms with Gasteiger partial charge in [0.25, 0.3) is 0 Å². The summed E-state index contributed by atoms with van der Waals surface area (Å²) < 4.78 is 16.0. The van der Waals surface area contributed by atoms with Crippen molar-refractivity contribution < 1.29 is 24.4 Å². The van der Waals surface area contributed by atoms with Crippen molar-refractivity contribution >= 4 is 10.8 Å². The highest BCUT2D eigenvalue weighted by atomic mass is 16.5. The summed E-state index contributed by atoms with van der Waals surface area (Å²) in [4.78, 5) is 4.39. The molecule has 0 bridgehead atoms. The summed E-state index contributed by atoms with van der Waals surface area (Å²) in [6.07, 6.45) is 0.603. The smallest absolute Gasteiger partial charge is 0.161 e. The minimum atomic E-state index is -0.960. The zero-order chi connectivity index (χ0) is 20.7. The lowest BCUT2D eigenvalue weighted by atomic mass is 9.98. The van der Waals surface area contributed by atoms with Gasteiger partial charge < -0.3 is 24.4 Å². The second-order valence-corrected chi connectivity index (χ2v) is 5.76. The van der Waals surface area contributed by atoms with Crippen molar-refractivity contribution in [3.05, 3.63) is 59.4 Å². The Balaban J connectivity index is 0.00000136. The molecule has 0 fully saturated rings. The maximum atomic E-state index is 10.9. The first-order valence-corrected chi connectivity index (χ1v) is 9.09. The molecule has 6 heteroatoms. The minimum absolute atomic E-state index is 0.172. The molecular weight excluding hydrogens is 358 g/mol. The molecule has 3 aromatic rings. The van der Waals surface area contributed by atoms with Crippen LogP contribution in [0.4, 0.5) is 0 Å². The normalized spacial score (nSPS) is 11.4. The van der Waals surface area contributed by atoms with Gasteiger partial charge in [-0.15, -0.1) is 0 Å². The van der Waals surface area contributed by atoms with Gasteiger partial charge >= 0.3 is 0 Å². The quantitative estimate of drug-likeness (QED) is 0.671. The van der Waals surface area contributed by atoms with Crippen LogP contribution in [0.1, 0.15) is 36.8 Å². The highest BCUT2D eigenvalue weighted by Gasteiger charge is 2.19. The van der Waals surface area contributed by atoms with Gasteiger partial charge in [-0.1, -0.05) is 26.0 Å². The van der Waals surface area contributed by atoms with E-state index in [1.165, 1.54) is 0 Å². The molecule has 0 aliphatic heterocycles. The van der Waals surface area contributed by atoms with Gasteiger partial charge in [0.15, 0.2) is 11.5 Å². The maximum Gasteiger partial charge on any atom is 0.161 e. The summed E-state index contributed by atoms with van der Waals surface area (Å²) in [5, 5.41) is 22.0. The summed E-state index contributed by atoms with van der Waals surface area (Å²) in [5.74, 6) is 1.72. The number of nitrogens with zero attached hydrogens (tertiary/aromatic N) is 1. The number of hydrogen-bond acceptors (Lipinski definition) is 6. The maximum absolute atomic E-state index is 10.9. The van der Waals surface area contributed by atoms with E-state index in [4.69, 9.17) is 14.2 Å². The van der Waals surface area contributed by atoms with E-state index in [0.717, 1.165) is 5.39 Å². The SMILES string of the molecule is CC.COc1cccc(C(O)c2ncc(CO)c3cc(OC)c(OC)cc23)c1. The first-order valence-electron chi connectivity index (χ1n) is 9.09. The Morgan fingerprint density at radius 3 is 2.14 bits per heavy atom. The van der Waals surface area contributed by atoms with Crippen molar-refractivity contribution in [2.75, 3.05) is 21.3 Å². The van der Waals surface area contributed by atoms with Gasteiger partial charge in [0.1, 0.15) is 11.9 Å². The topological polar surface area (TPSA) is 81.0 Å². The number of aromatic nitrogens is 1. The van der Waals surface area contributed by atoms with Crippen molar-refractivity contribution in [2.24, 2.45) is 0 Å². The van der Waals surface area contributed by atoms with Crippen LogP contribution in [0.15, 0.2) is 42.6 Å². The number of pyridine rings is 1. The molecule has 0 amide bonds. The number of benzene rings is 2. The Bertz CT molecular complexity index is 926. The van der Waals surface area contributed by atoms with Crippen LogP contribution in [0.25, 0.3) is 10.8 Å². The summed E-state index contributed by atoms with van der Waals surface area (Å²) >= 11 is 0. The molecule has 0 aliphatic carbocycles. The molecule has 2 N–H and O–H groups in total. The molecule has 1 unspecified atom stereocenters. The first-order chi connectivity index (χ1) is 13.6. The third kappa shape index (κ3) is 4.18. The molecule has 6 nitrogen and oxygen atoms in total. The van der Waals surface area contributed by atoms with Crippen LogP contribution >= 0.6 is 0 Å². The largest absolute Gasteiger partial charge is 0.497 e. The van der Waals surface area contributed by atoms with Gasteiger partial charge in [0.2, 0.25) is 0 Å². The van der Waals surface area contributed by atoms with Crippen molar-refractivity contribution in [3.8, 4) is 17.2 Å². The number of hydrogen-bond donors (Lipinski definition) is 2. The molecule has 1 aromatic heterocycles. The van der Waals surface area contributed by atoms with Crippen LogP contribution in [0, 0.1) is 0 Å². The van der Waals surface area contributed by atoms with Crippen LogP contribution in [0.2, 0.25) is 0 Å². The van der Waals surface area contributed by atoms with E-state index >= 15 is 0 Å². The molecule has 0 saturated carbocycles. The predicted molar refractivity (Wildman–Crippen MR) is 109 cm³/mol. The number of methoxy groups -OCH3 is 3. The Labute approximate surface area is 165 Å². The Hall–Kier alpha value is -2.83. The van der Waals surface area contributed by atoms with E-state index in [1.54, 1.807) is 51.8 Å². The fraction of sp³-hybridized carbons (Fsp3) is 0.318. The number of aliphatic hydroxyl groups is 2. The summed E-state index contributed by atoms with van der Waals surface area (Å²) in [6.45, 7) is 3.83. The van der Waals surface area contributed by atoms with Crippen LogP contribution in [-0.2, 0) is 6.61 Å². The van der Waals surface area contributed by atoms with Gasteiger partial charge in [-0.25, -0.2) is 0 Å². The average molecular weight is 385 g/mol. The number of ether oxygens (including phenoxy) is 3. The van der Waals surface area contributed by atoms with E-state index in [0.29, 0.717) is 39.5 Å². The zero-order valence-electron chi connectivity index (χ0n) is 16.9. The monoisotopic (exact) mass is 385 g/mol. The lowest BCUT2D eigenvalue weighted by Gasteiger charge is -2.17. The van der Waals surface area contributed by atoms with E-state index < -0.39 is 6.10 Å². The third-order valence-corrected chi connectivity index (χ3v) is 4.34. The lowest BCUT2D eigenvalue weighted by molar-refractivity contribution is 0.216. The second kappa shape index (κ2) is 9.92. The number of fused-ring (bicyclic) bond motifs is 1. The third-order valence-electron chi connectivity index (χ3n) is 4.34. The lowest BCUT2D eigenvalue weighted by Crippen LogP contribution is -2.05. The first kappa shape index (κ1) is 21.5. The number of rotatable bonds is 6. The fourth-order valence-electron chi connectivity index (χ4n) is 2.96. The number of aliphatic hydroxyl groups excluding tert-OH is 2. The average Bonchev–Trinajstić information content (AvgIpc) is 2.78. The zero-order valence-corrected chi connectivity index (χ0v) is 16.9. The van der Waals surface area contributed by atoms with Crippen molar-refractivity contribution in [1.29, 1.82) is 0 Å². The van der Waals surface area contributed by atoms with Crippen molar-refractivity contribution in [1.82, 2.24) is 4.98 Å². The summed E-state index contributed by atoms with van der Waals surface area (Å²) in [7, 11) is 4.67. The predicted octanol–water partition coefficient (Wildman–Crippen LogP) is 3.86. The van der Waals surface area contributed by atoms with Crippen LogP contribution in [0.3, 0.4) is 0 Å². The molecule has 0 saturated heterocycles. The minimum Gasteiger partial charge on any atom is -0.497 e. The molecule has 1 heterocycles. The van der Waals surface area contributed by atoms with Crippen molar-refractivity contribution in [3.63, 3.8) is 0 Å². The molecule has 0 aliphatic rings. The van der Waals surface area contributed by atoms with Gasteiger partial charge in [0, 0.05) is 17.1 Å². The summed E-state index contributed by atoms with van der Waals surface area (Å²) in [6, 6.07) is 10.7. The Morgan fingerprint density at radius 1 is 0.929 bits per heavy atom. The molecule has 1 atom stereocenters. The van der Waals surface area contributed by atoms with E-state index in [-0.39, 0.29) is 6.61 Å². The van der Waals surface area contributed by atoms with Gasteiger partial charge in [-0.3, -0.25) is 4.98 Å². The molecule has 2 aromatic carbocycles. The molecule has 0 spiro atoms. The van der Waals surface area contributed by atoms with Crippen LogP contribution in [0.5, 0.6) is 17.2 Å². The molecular formula is C22H27NO5. The molecule has 3 rings (SSSR count). The molecule has 150 valence electrons. The van der Waals surface area contributed by atoms with Crippen LogP contribution < -0.4 is 14.2 Å². The van der Waals surface area contributed by atoms with E-state index in [9.17, 15) is 10.2 Å². The Kier molecular flexibility index (Phi) is 7.61. The van der Waals surface area contributed by atoms with Gasteiger partial charge in [-0.05, 0) is 35.2 Å². The standard InChI is InChI=1S/C20H21NO5.C2H6/c1-24-14-6-4-5-12(7-14)20(23)19-16-9-18(26-3)17(25-2)8-15(16)13(11-22)10-21-19;1-2/h4-10,20,22-23H,11H2,1-3H3;1-2H3. The van der Waals surface area contributed by atoms with Crippen LogP contribution in [-0.4, -0.2) is 36.5 Å².